The van der Waals surface area contributed by atoms with Crippen LogP contribution in [0.3, 0.4) is 0 Å². The van der Waals surface area contributed by atoms with Gasteiger partial charge in [0.25, 0.3) is 0 Å². The summed E-state index contributed by atoms with van der Waals surface area (Å²) in [6.45, 7) is 5.80. The molecule has 0 N–H and O–H groups in total. The highest BCUT2D eigenvalue weighted by atomic mass is 32.1. The lowest BCUT2D eigenvalue weighted by Crippen LogP contribution is -2.35. The molecule has 30 heavy (non-hydrogen) atoms. The van der Waals surface area contributed by atoms with Gasteiger partial charge in [0, 0.05) is 44.2 Å². The Labute approximate surface area is 182 Å². The van der Waals surface area contributed by atoms with Crippen molar-refractivity contribution in [1.82, 2.24) is 9.88 Å². The molecule has 1 amide bonds. The Kier molecular flexibility index (Phi) is 6.65. The number of methoxy groups -OCH3 is 1. The Balaban J connectivity index is 1.66. The lowest BCUT2D eigenvalue weighted by molar-refractivity contribution is -0.131. The molecule has 3 heterocycles. The monoisotopic (exact) mass is 423 g/mol. The van der Waals surface area contributed by atoms with Crippen LogP contribution in [-0.4, -0.2) is 49.1 Å². The number of benzene rings is 1. The van der Waals surface area contributed by atoms with Crippen LogP contribution in [0.4, 0.5) is 5.82 Å². The highest BCUT2D eigenvalue weighted by molar-refractivity contribution is 7.08. The van der Waals surface area contributed by atoms with Crippen molar-refractivity contribution in [3.8, 4) is 0 Å². The maximum atomic E-state index is 13.1. The molecule has 5 nitrogen and oxygen atoms in total. The number of anilines is 1. The van der Waals surface area contributed by atoms with Gasteiger partial charge in [-0.25, -0.2) is 4.98 Å². The van der Waals surface area contributed by atoms with Gasteiger partial charge < -0.3 is 14.5 Å². The summed E-state index contributed by atoms with van der Waals surface area (Å²) >= 11 is 1.63. The van der Waals surface area contributed by atoms with Crippen LogP contribution in [0.2, 0.25) is 0 Å². The summed E-state index contributed by atoms with van der Waals surface area (Å²) in [6.07, 6.45) is 2.81. The third-order valence-corrected chi connectivity index (χ3v) is 6.38. The van der Waals surface area contributed by atoms with Crippen LogP contribution in [0.1, 0.15) is 29.5 Å². The van der Waals surface area contributed by atoms with Gasteiger partial charge in [-0.1, -0.05) is 11.6 Å². The predicted molar refractivity (Wildman–Crippen MR) is 123 cm³/mol. The van der Waals surface area contributed by atoms with Crippen LogP contribution in [-0.2, 0) is 22.5 Å². The molecule has 0 bridgehead atoms. The van der Waals surface area contributed by atoms with Gasteiger partial charge in [-0.2, -0.15) is 11.3 Å². The number of hydrogen-bond acceptors (Lipinski definition) is 5. The summed E-state index contributed by atoms with van der Waals surface area (Å²) in [7, 11) is 1.68. The summed E-state index contributed by atoms with van der Waals surface area (Å²) in [4.78, 5) is 22.4. The minimum Gasteiger partial charge on any atom is -0.383 e. The Morgan fingerprint density at radius 3 is 2.80 bits per heavy atom. The van der Waals surface area contributed by atoms with Gasteiger partial charge in [-0.3, -0.25) is 4.79 Å². The van der Waals surface area contributed by atoms with Crippen LogP contribution in [0, 0.1) is 6.92 Å². The van der Waals surface area contributed by atoms with E-state index in [2.05, 4.69) is 36.1 Å². The molecule has 0 aliphatic carbocycles. The fourth-order valence-electron chi connectivity index (χ4n) is 4.03. The maximum absolute atomic E-state index is 13.1. The highest BCUT2D eigenvalue weighted by Crippen LogP contribution is 2.28. The molecule has 3 aromatic rings. The van der Waals surface area contributed by atoms with Gasteiger partial charge in [-0.15, -0.1) is 0 Å². The second-order valence-electron chi connectivity index (χ2n) is 7.98. The molecule has 6 heteroatoms. The van der Waals surface area contributed by atoms with Crippen LogP contribution in [0.5, 0.6) is 0 Å². The van der Waals surface area contributed by atoms with Crippen LogP contribution in [0.25, 0.3) is 10.9 Å². The van der Waals surface area contributed by atoms with Crippen molar-refractivity contribution in [2.24, 2.45) is 0 Å². The molecule has 1 saturated heterocycles. The molecular weight excluding hydrogens is 394 g/mol. The Hall–Kier alpha value is -2.44. The fraction of sp³-hybridized carbons (Fsp3) is 0.417. The number of amides is 1. The number of hydrogen-bond donors (Lipinski definition) is 0. The minimum atomic E-state index is 0.127. The number of fused-ring (bicyclic) bond motifs is 1. The number of aryl methyl sites for hydroxylation is 1. The molecule has 2 aromatic heterocycles. The summed E-state index contributed by atoms with van der Waals surface area (Å²) in [5.74, 6) is 1.15. The zero-order chi connectivity index (χ0) is 20.9. The van der Waals surface area contributed by atoms with Crippen molar-refractivity contribution < 1.29 is 9.53 Å². The van der Waals surface area contributed by atoms with E-state index in [9.17, 15) is 4.79 Å². The smallest absolute Gasteiger partial charge is 0.227 e. The molecule has 0 radical (unpaired) electrons. The normalized spacial score (nSPS) is 13.9. The molecule has 1 aliphatic heterocycles. The van der Waals surface area contributed by atoms with E-state index >= 15 is 0 Å². The molecule has 0 spiro atoms. The first-order chi connectivity index (χ1) is 14.6. The molecule has 0 atom stereocenters. The fourth-order valence-corrected chi connectivity index (χ4v) is 4.70. The Bertz CT molecular complexity index is 997. The Morgan fingerprint density at radius 2 is 2.07 bits per heavy atom. The third-order valence-electron chi connectivity index (χ3n) is 5.65. The van der Waals surface area contributed by atoms with Crippen molar-refractivity contribution in [2.75, 3.05) is 38.3 Å². The topological polar surface area (TPSA) is 45.7 Å². The number of aromatic nitrogens is 1. The molecule has 1 fully saturated rings. The second kappa shape index (κ2) is 9.58. The quantitative estimate of drug-likeness (QED) is 0.538. The molecule has 0 unspecified atom stereocenters. The maximum Gasteiger partial charge on any atom is 0.227 e. The van der Waals surface area contributed by atoms with E-state index < -0.39 is 0 Å². The highest BCUT2D eigenvalue weighted by Gasteiger charge is 2.22. The average molecular weight is 424 g/mol. The number of thiophene rings is 1. The summed E-state index contributed by atoms with van der Waals surface area (Å²) in [6, 6.07) is 10.6. The van der Waals surface area contributed by atoms with Crippen LogP contribution >= 0.6 is 11.3 Å². The van der Waals surface area contributed by atoms with Crippen molar-refractivity contribution in [1.29, 1.82) is 0 Å². The summed E-state index contributed by atoms with van der Waals surface area (Å²) in [5.41, 5.74) is 4.41. The second-order valence-corrected chi connectivity index (χ2v) is 8.76. The van der Waals surface area contributed by atoms with Gasteiger partial charge in [-0.05, 0) is 60.4 Å². The van der Waals surface area contributed by atoms with E-state index in [1.54, 1.807) is 18.4 Å². The van der Waals surface area contributed by atoms with Crippen molar-refractivity contribution >= 4 is 34.0 Å². The zero-order valence-electron chi connectivity index (χ0n) is 17.8. The molecule has 1 aromatic carbocycles. The predicted octanol–water partition coefficient (Wildman–Crippen LogP) is 4.42. The largest absolute Gasteiger partial charge is 0.383 e. The minimum absolute atomic E-state index is 0.127. The van der Waals surface area contributed by atoms with Crippen molar-refractivity contribution in [3.63, 3.8) is 0 Å². The van der Waals surface area contributed by atoms with E-state index in [4.69, 9.17) is 9.72 Å². The number of nitrogens with zero attached hydrogens (tertiary/aromatic N) is 3. The average Bonchev–Trinajstić information content (AvgIpc) is 3.44. The van der Waals surface area contributed by atoms with E-state index in [1.165, 1.54) is 18.4 Å². The van der Waals surface area contributed by atoms with E-state index in [1.807, 2.05) is 21.7 Å². The number of ether oxygens (including phenoxy) is 1. The first-order valence-electron chi connectivity index (χ1n) is 10.6. The Morgan fingerprint density at radius 1 is 1.23 bits per heavy atom. The molecular formula is C24H29N3O2S. The number of carbonyl (C=O) groups excluding carboxylic acids is 1. The first-order valence-corrected chi connectivity index (χ1v) is 11.5. The standard InChI is InChI=1S/C24H29N3O2S/c1-18-5-6-22-20(13-18)15-21(24(25-22)26-8-3-4-9-26)16-27(10-11-29-2)23(28)14-19-7-12-30-17-19/h5-7,12-13,15,17H,3-4,8-11,14,16H2,1-2H3. The van der Waals surface area contributed by atoms with Crippen LogP contribution in [0.15, 0.2) is 41.1 Å². The van der Waals surface area contributed by atoms with Gasteiger partial charge >= 0.3 is 0 Å². The molecule has 158 valence electrons. The van der Waals surface area contributed by atoms with Gasteiger partial charge in [0.1, 0.15) is 5.82 Å². The van der Waals surface area contributed by atoms with Gasteiger partial charge in [0.2, 0.25) is 5.91 Å². The van der Waals surface area contributed by atoms with Crippen LogP contribution < -0.4 is 4.90 Å². The number of carbonyl (C=O) groups is 1. The number of rotatable bonds is 8. The van der Waals surface area contributed by atoms with Crippen molar-refractivity contribution in [3.05, 3.63) is 57.8 Å². The van der Waals surface area contributed by atoms with E-state index in [-0.39, 0.29) is 5.91 Å². The molecule has 0 saturated carbocycles. The summed E-state index contributed by atoms with van der Waals surface area (Å²) in [5, 5.41) is 5.19. The lowest BCUT2D eigenvalue weighted by atomic mass is 10.1. The molecule has 1 aliphatic rings. The third kappa shape index (κ3) is 4.82. The van der Waals surface area contributed by atoms with E-state index in [0.29, 0.717) is 26.1 Å². The van der Waals surface area contributed by atoms with Gasteiger partial charge in [0.15, 0.2) is 0 Å². The summed E-state index contributed by atoms with van der Waals surface area (Å²) < 4.78 is 5.29. The van der Waals surface area contributed by atoms with E-state index in [0.717, 1.165) is 40.9 Å². The first kappa shape index (κ1) is 20.8. The van der Waals surface area contributed by atoms with Gasteiger partial charge in [0.05, 0.1) is 18.5 Å². The lowest BCUT2D eigenvalue weighted by Gasteiger charge is -2.26. The zero-order valence-corrected chi connectivity index (χ0v) is 18.6. The SMILES string of the molecule is COCCN(Cc1cc2cc(C)ccc2nc1N1CCCC1)C(=O)Cc1ccsc1. The van der Waals surface area contributed by atoms with Crippen molar-refractivity contribution in [2.45, 2.75) is 32.7 Å². The number of pyridine rings is 1. The molecule has 4 rings (SSSR count).